The van der Waals surface area contributed by atoms with Crippen molar-refractivity contribution in [3.63, 3.8) is 0 Å². The minimum absolute atomic E-state index is 0.0737. The number of thioether (sulfide) groups is 1. The fourth-order valence-electron chi connectivity index (χ4n) is 3.48. The molecular weight excluding hydrogens is 408 g/mol. The van der Waals surface area contributed by atoms with Crippen molar-refractivity contribution < 1.29 is 14.3 Å². The number of anilines is 1. The number of nitrogens with one attached hydrogen (secondary N) is 1. The molecule has 3 aromatic rings. The van der Waals surface area contributed by atoms with Gasteiger partial charge in [-0.1, -0.05) is 54.1 Å². The van der Waals surface area contributed by atoms with Crippen molar-refractivity contribution in [2.24, 2.45) is 0 Å². The fourth-order valence-corrected chi connectivity index (χ4v) is 4.73. The van der Waals surface area contributed by atoms with Gasteiger partial charge in [-0.3, -0.25) is 0 Å². The van der Waals surface area contributed by atoms with Crippen LogP contribution in [0, 0.1) is 6.92 Å². The maximum absolute atomic E-state index is 12.9. The van der Waals surface area contributed by atoms with Crippen LogP contribution in [-0.2, 0) is 6.61 Å². The van der Waals surface area contributed by atoms with Gasteiger partial charge in [-0.15, -0.1) is 11.8 Å². The molecule has 1 unspecified atom stereocenters. The Morgan fingerprint density at radius 2 is 1.84 bits per heavy atom. The summed E-state index contributed by atoms with van der Waals surface area (Å²) in [5, 5.41) is 2.94. The molecule has 2 amide bonds. The van der Waals surface area contributed by atoms with Gasteiger partial charge in [0.05, 0.1) is 7.11 Å². The Hall–Kier alpha value is -3.12. The van der Waals surface area contributed by atoms with E-state index in [0.29, 0.717) is 24.7 Å². The lowest BCUT2D eigenvalue weighted by molar-refractivity contribution is 0.214. The number of benzene rings is 3. The number of carbonyl (C=O) groups is 1. The number of ether oxygens (including phenoxy) is 2. The van der Waals surface area contributed by atoms with E-state index in [9.17, 15) is 4.79 Å². The summed E-state index contributed by atoms with van der Waals surface area (Å²) in [6.45, 7) is 3.18. The molecule has 1 aliphatic rings. The molecule has 1 aliphatic heterocycles. The highest BCUT2D eigenvalue weighted by molar-refractivity contribution is 7.99. The fraction of sp³-hybridized carbons (Fsp3) is 0.240. The Morgan fingerprint density at radius 1 is 1.06 bits per heavy atom. The molecule has 31 heavy (non-hydrogen) atoms. The Labute approximate surface area is 187 Å². The van der Waals surface area contributed by atoms with Crippen LogP contribution in [0.4, 0.5) is 10.5 Å². The molecule has 6 heteroatoms. The molecule has 0 radical (unpaired) electrons. The van der Waals surface area contributed by atoms with E-state index in [1.165, 1.54) is 0 Å². The molecule has 5 nitrogen and oxygen atoms in total. The second-order valence-electron chi connectivity index (χ2n) is 7.40. The molecule has 1 fully saturated rings. The van der Waals surface area contributed by atoms with Gasteiger partial charge in [0, 0.05) is 18.0 Å². The first kappa shape index (κ1) is 21.1. The van der Waals surface area contributed by atoms with Gasteiger partial charge in [0.2, 0.25) is 0 Å². The first-order chi connectivity index (χ1) is 15.1. The van der Waals surface area contributed by atoms with Crippen molar-refractivity contribution in [2.75, 3.05) is 24.7 Å². The maximum Gasteiger partial charge on any atom is 0.323 e. The number of carbonyl (C=O) groups excluding carboxylic acids is 1. The summed E-state index contributed by atoms with van der Waals surface area (Å²) in [6.07, 6.45) is 0. The first-order valence-corrected chi connectivity index (χ1v) is 11.3. The van der Waals surface area contributed by atoms with Gasteiger partial charge in [-0.05, 0) is 42.3 Å². The molecule has 0 aliphatic carbocycles. The summed E-state index contributed by atoms with van der Waals surface area (Å²) in [5.41, 5.74) is 4.07. The summed E-state index contributed by atoms with van der Waals surface area (Å²) in [7, 11) is 1.63. The van der Waals surface area contributed by atoms with Crippen LogP contribution in [0.5, 0.6) is 11.5 Å². The predicted molar refractivity (Wildman–Crippen MR) is 126 cm³/mol. The maximum atomic E-state index is 12.9. The third kappa shape index (κ3) is 5.14. The highest BCUT2D eigenvalue weighted by Crippen LogP contribution is 2.41. The molecule has 1 atom stereocenters. The van der Waals surface area contributed by atoms with E-state index in [1.807, 2.05) is 84.6 Å². The number of rotatable bonds is 6. The second-order valence-corrected chi connectivity index (χ2v) is 8.59. The Morgan fingerprint density at radius 3 is 2.58 bits per heavy atom. The largest absolute Gasteiger partial charge is 0.493 e. The van der Waals surface area contributed by atoms with Gasteiger partial charge in [-0.25, -0.2) is 4.79 Å². The third-order valence-corrected chi connectivity index (χ3v) is 6.43. The van der Waals surface area contributed by atoms with E-state index >= 15 is 0 Å². The van der Waals surface area contributed by atoms with Crippen LogP contribution in [0.2, 0.25) is 0 Å². The molecule has 1 heterocycles. The van der Waals surface area contributed by atoms with E-state index in [-0.39, 0.29) is 11.4 Å². The van der Waals surface area contributed by atoms with Crippen molar-refractivity contribution in [2.45, 2.75) is 18.9 Å². The molecule has 0 bridgehead atoms. The van der Waals surface area contributed by atoms with Crippen LogP contribution in [0.3, 0.4) is 0 Å². The minimum atomic E-state index is -0.0959. The molecule has 4 rings (SSSR count). The van der Waals surface area contributed by atoms with Crippen molar-refractivity contribution in [1.29, 1.82) is 0 Å². The van der Waals surface area contributed by atoms with Crippen LogP contribution in [-0.4, -0.2) is 30.3 Å². The lowest BCUT2D eigenvalue weighted by Crippen LogP contribution is -2.34. The van der Waals surface area contributed by atoms with E-state index in [0.717, 1.165) is 28.1 Å². The third-order valence-electron chi connectivity index (χ3n) is 5.16. The lowest BCUT2D eigenvalue weighted by Gasteiger charge is -2.25. The number of methoxy groups -OCH3 is 1. The number of urea groups is 1. The molecule has 3 aromatic carbocycles. The van der Waals surface area contributed by atoms with Gasteiger partial charge >= 0.3 is 6.03 Å². The summed E-state index contributed by atoms with van der Waals surface area (Å²) < 4.78 is 11.6. The summed E-state index contributed by atoms with van der Waals surface area (Å²) >= 11 is 1.75. The van der Waals surface area contributed by atoms with Crippen molar-refractivity contribution in [1.82, 2.24) is 4.90 Å². The zero-order valence-electron chi connectivity index (χ0n) is 17.7. The normalized spacial score (nSPS) is 15.5. The molecule has 1 saturated heterocycles. The van der Waals surface area contributed by atoms with Crippen molar-refractivity contribution in [3.05, 3.63) is 89.5 Å². The molecule has 0 spiro atoms. The SMILES string of the molecule is COc1ccc(C2SCCN2C(=O)Nc2ccc(C)cc2)cc1OCc1ccccc1. The van der Waals surface area contributed by atoms with Gasteiger partial charge in [-0.2, -0.15) is 0 Å². The van der Waals surface area contributed by atoms with Crippen LogP contribution < -0.4 is 14.8 Å². The van der Waals surface area contributed by atoms with Gasteiger partial charge in [0.15, 0.2) is 11.5 Å². The molecule has 0 aromatic heterocycles. The van der Waals surface area contributed by atoms with Crippen LogP contribution in [0.25, 0.3) is 0 Å². The summed E-state index contributed by atoms with van der Waals surface area (Å²) in [5.74, 6) is 2.24. The molecule has 1 N–H and O–H groups in total. The minimum Gasteiger partial charge on any atom is -0.493 e. The smallest absolute Gasteiger partial charge is 0.323 e. The zero-order valence-corrected chi connectivity index (χ0v) is 18.5. The highest BCUT2D eigenvalue weighted by Gasteiger charge is 2.31. The Kier molecular flexibility index (Phi) is 6.67. The lowest BCUT2D eigenvalue weighted by atomic mass is 10.1. The van der Waals surface area contributed by atoms with E-state index < -0.39 is 0 Å². The predicted octanol–water partition coefficient (Wildman–Crippen LogP) is 5.86. The van der Waals surface area contributed by atoms with E-state index in [4.69, 9.17) is 9.47 Å². The van der Waals surface area contributed by atoms with Gasteiger partial charge in [0.1, 0.15) is 12.0 Å². The Balaban J connectivity index is 1.50. The zero-order chi connectivity index (χ0) is 21.6. The van der Waals surface area contributed by atoms with Crippen molar-refractivity contribution in [3.8, 4) is 11.5 Å². The monoisotopic (exact) mass is 434 g/mol. The first-order valence-electron chi connectivity index (χ1n) is 10.2. The molecular formula is C25H26N2O3S. The second kappa shape index (κ2) is 9.79. The summed E-state index contributed by atoms with van der Waals surface area (Å²) in [6, 6.07) is 23.7. The van der Waals surface area contributed by atoms with Gasteiger partial charge < -0.3 is 19.7 Å². The van der Waals surface area contributed by atoms with Crippen molar-refractivity contribution >= 4 is 23.5 Å². The number of amides is 2. The quantitative estimate of drug-likeness (QED) is 0.528. The topological polar surface area (TPSA) is 50.8 Å². The summed E-state index contributed by atoms with van der Waals surface area (Å²) in [4.78, 5) is 14.8. The molecule has 0 saturated carbocycles. The highest BCUT2D eigenvalue weighted by atomic mass is 32.2. The van der Waals surface area contributed by atoms with E-state index in [2.05, 4.69) is 5.32 Å². The van der Waals surface area contributed by atoms with Crippen LogP contribution in [0.1, 0.15) is 22.1 Å². The van der Waals surface area contributed by atoms with Crippen LogP contribution in [0.15, 0.2) is 72.8 Å². The average Bonchev–Trinajstić information content (AvgIpc) is 3.30. The number of hydrogen-bond acceptors (Lipinski definition) is 4. The van der Waals surface area contributed by atoms with Crippen LogP contribution >= 0.6 is 11.8 Å². The number of nitrogens with zero attached hydrogens (tertiary/aromatic N) is 1. The molecule has 160 valence electrons. The Bertz CT molecular complexity index is 1020. The standard InChI is InChI=1S/C25H26N2O3S/c1-18-8-11-21(12-9-18)26-25(28)27-14-15-31-24(27)20-10-13-22(29-2)23(16-20)30-17-19-6-4-3-5-7-19/h3-13,16,24H,14-15,17H2,1-2H3,(H,26,28). The van der Waals surface area contributed by atoms with E-state index in [1.54, 1.807) is 18.9 Å². The number of hydrogen-bond donors (Lipinski definition) is 1. The number of aryl methyl sites for hydroxylation is 1. The average molecular weight is 435 g/mol. The van der Waals surface area contributed by atoms with Gasteiger partial charge in [0.25, 0.3) is 0 Å².